The highest BCUT2D eigenvalue weighted by atomic mass is 16.5. The van der Waals surface area contributed by atoms with Gasteiger partial charge in [0.15, 0.2) is 0 Å². The summed E-state index contributed by atoms with van der Waals surface area (Å²) in [5.41, 5.74) is 7.71. The van der Waals surface area contributed by atoms with Crippen LogP contribution in [0.3, 0.4) is 0 Å². The van der Waals surface area contributed by atoms with Crippen molar-refractivity contribution in [1.29, 1.82) is 0 Å². The smallest absolute Gasteiger partial charge is 0.247 e. The first kappa shape index (κ1) is 43.7. The van der Waals surface area contributed by atoms with Gasteiger partial charge in [-0.15, -0.1) is 6.58 Å². The summed E-state index contributed by atoms with van der Waals surface area (Å²) in [5.74, 6) is 1.52. The summed E-state index contributed by atoms with van der Waals surface area (Å²) in [6.07, 6.45) is 7.51. The summed E-state index contributed by atoms with van der Waals surface area (Å²) in [5, 5.41) is 0. The van der Waals surface area contributed by atoms with Crippen molar-refractivity contribution in [2.24, 2.45) is 0 Å². The van der Waals surface area contributed by atoms with Gasteiger partial charge in [0.2, 0.25) is 11.8 Å². The lowest BCUT2D eigenvalue weighted by Crippen LogP contribution is -2.43. The summed E-state index contributed by atoms with van der Waals surface area (Å²) in [4.78, 5) is 32.6. The van der Waals surface area contributed by atoms with Crippen LogP contribution in [0.4, 0.5) is 11.4 Å². The van der Waals surface area contributed by atoms with Crippen LogP contribution in [0.25, 0.3) is 0 Å². The molecule has 326 valence electrons. The lowest BCUT2D eigenvalue weighted by molar-refractivity contribution is -0.121. The molecule has 3 aliphatic rings. The molecule has 0 fully saturated rings. The Bertz CT molecular complexity index is 2750. The number of anilines is 2. The molecule has 64 heavy (non-hydrogen) atoms. The van der Waals surface area contributed by atoms with Crippen LogP contribution in [0.15, 0.2) is 183 Å². The molecule has 2 atom stereocenters. The lowest BCUT2D eigenvalue weighted by atomic mass is 9.68. The normalized spacial score (nSPS) is 19.3. The van der Waals surface area contributed by atoms with E-state index in [-0.39, 0.29) is 24.1 Å². The minimum atomic E-state index is -1.03. The van der Waals surface area contributed by atoms with Crippen LogP contribution in [0.5, 0.6) is 11.5 Å². The van der Waals surface area contributed by atoms with E-state index in [2.05, 4.69) is 109 Å². The number of fused-ring (bicyclic) bond motifs is 8. The van der Waals surface area contributed by atoms with Gasteiger partial charge in [0.25, 0.3) is 0 Å². The van der Waals surface area contributed by atoms with Crippen LogP contribution in [-0.2, 0) is 31.2 Å². The first-order chi connectivity index (χ1) is 30.8. The molecule has 6 aromatic carbocycles. The topological polar surface area (TPSA) is 59.1 Å². The Morgan fingerprint density at radius 1 is 0.609 bits per heavy atom. The van der Waals surface area contributed by atoms with E-state index in [0.29, 0.717) is 32.1 Å². The maximum atomic E-state index is 14.5. The molecule has 0 radical (unpaired) electrons. The van der Waals surface area contributed by atoms with Gasteiger partial charge in [-0.05, 0) is 75.6 Å². The summed E-state index contributed by atoms with van der Waals surface area (Å²) in [6, 6.07) is 49.0. The van der Waals surface area contributed by atoms with Gasteiger partial charge < -0.3 is 19.3 Å². The number of carbonyl (C=O) groups is 2. The van der Waals surface area contributed by atoms with Crippen LogP contribution >= 0.6 is 0 Å². The molecule has 6 heteroatoms. The Labute approximate surface area is 380 Å². The van der Waals surface area contributed by atoms with E-state index < -0.39 is 10.8 Å². The second-order valence-electron chi connectivity index (χ2n) is 18.7. The number of ether oxygens (including phenoxy) is 2. The Morgan fingerprint density at radius 3 is 1.73 bits per heavy atom. The van der Waals surface area contributed by atoms with Gasteiger partial charge in [-0.3, -0.25) is 9.59 Å². The lowest BCUT2D eigenvalue weighted by Gasteiger charge is -2.33. The van der Waals surface area contributed by atoms with Gasteiger partial charge >= 0.3 is 0 Å². The molecule has 0 saturated heterocycles. The maximum Gasteiger partial charge on any atom is 0.247 e. The van der Waals surface area contributed by atoms with Gasteiger partial charge in [-0.1, -0.05) is 176 Å². The fraction of sp³-hybridized carbons (Fsp3) is 0.241. The molecule has 0 saturated carbocycles. The first-order valence-electron chi connectivity index (χ1n) is 22.2. The number of hydrogen-bond donors (Lipinski definition) is 0. The number of carbonyl (C=O) groups excluding carboxylic acids is 2. The molecule has 9 rings (SSSR count). The molecule has 0 aliphatic carbocycles. The minimum Gasteiger partial charge on any atom is -0.489 e. The standard InChI is InChI=1S/C30H31NO2.C28H27NO2.H2/c1-6-19-31-26-16-12-11-15-24(26)30(28(31)32,22-13-9-8-10-14-22)25-21-23(29(3,4)5)17-18-27(25)33-20-7-2;1-27(2,3)21-15-16-25-23(19-21)28(20-11-5-4-6-12-20)22-13-7-8-14-24(22)29(26(28)30)17-9-10-18-31-25;/h6-18,21H,1-2,19-20H2,3-5H3;4-16,19H,17-18H2,1-3H3;1H/b;10-9-;/i;;1+1. The van der Waals surface area contributed by atoms with Gasteiger partial charge in [0, 0.05) is 48.1 Å². The molecule has 6 aromatic rings. The number of amides is 2. The molecule has 0 aromatic heterocycles. The Morgan fingerprint density at radius 2 is 1.14 bits per heavy atom. The van der Waals surface area contributed by atoms with Crippen molar-refractivity contribution in [3.63, 3.8) is 0 Å². The second-order valence-corrected chi connectivity index (χ2v) is 18.7. The largest absolute Gasteiger partial charge is 0.489 e. The molecular weight excluding hydrogens is 789 g/mol. The highest BCUT2D eigenvalue weighted by Gasteiger charge is 2.56. The average Bonchev–Trinajstić information content (AvgIpc) is 3.69. The first-order valence-corrected chi connectivity index (χ1v) is 22.2. The molecule has 2 bridgehead atoms. The van der Waals surface area contributed by atoms with Gasteiger partial charge in [-0.25, -0.2) is 0 Å². The molecule has 2 amide bonds. The molecule has 0 N–H and O–H groups in total. The summed E-state index contributed by atoms with van der Waals surface area (Å²) in [7, 11) is 0. The van der Waals surface area contributed by atoms with Gasteiger partial charge in [0.05, 0.1) is 0 Å². The van der Waals surface area contributed by atoms with Crippen LogP contribution < -0.4 is 19.3 Å². The summed E-state index contributed by atoms with van der Waals surface area (Å²) < 4.78 is 12.4. The fourth-order valence-electron chi connectivity index (χ4n) is 9.53. The predicted molar refractivity (Wildman–Crippen MR) is 263 cm³/mol. The number of nitrogens with zero attached hydrogens (tertiary/aromatic N) is 2. The van der Waals surface area contributed by atoms with E-state index >= 15 is 0 Å². The molecule has 2 unspecified atom stereocenters. The molecule has 3 heterocycles. The van der Waals surface area contributed by atoms with Crippen LogP contribution in [-0.4, -0.2) is 38.1 Å². The predicted octanol–water partition coefficient (Wildman–Crippen LogP) is 12.3. The molecule has 6 nitrogen and oxygen atoms in total. The SMILES string of the molecule is C=CCOc1ccc(C(C)(C)C)cc1C1(c2ccccc2)C(=O)N(CC=C)c2ccccc21.CC(C)(C)c1ccc2c(c1)C1(c3ccccc3)C(=O)N(C/C=C\CO2)c2ccccc21.[2HH]. The minimum absolute atomic E-state index is 0. The Balaban J connectivity index is 0.000000191. The fourth-order valence-corrected chi connectivity index (χ4v) is 9.53. The van der Waals surface area contributed by atoms with E-state index in [1.165, 1.54) is 5.56 Å². The van der Waals surface area contributed by atoms with Crippen LogP contribution in [0.2, 0.25) is 0 Å². The number of benzene rings is 6. The van der Waals surface area contributed by atoms with Crippen molar-refractivity contribution in [1.82, 2.24) is 0 Å². The highest BCUT2D eigenvalue weighted by molar-refractivity contribution is 6.14. The summed E-state index contributed by atoms with van der Waals surface area (Å²) in [6.45, 7) is 22.7. The van der Waals surface area contributed by atoms with Crippen molar-refractivity contribution in [3.05, 3.63) is 228 Å². The number of rotatable bonds is 8. The highest BCUT2D eigenvalue weighted by Crippen LogP contribution is 2.55. The van der Waals surface area contributed by atoms with E-state index in [1.54, 1.807) is 12.2 Å². The van der Waals surface area contributed by atoms with Crippen LogP contribution in [0.1, 0.15) is 87.5 Å². The van der Waals surface area contributed by atoms with Crippen molar-refractivity contribution in [2.45, 2.75) is 63.2 Å². The van der Waals surface area contributed by atoms with E-state index in [4.69, 9.17) is 9.47 Å². The van der Waals surface area contributed by atoms with Crippen molar-refractivity contribution in [2.75, 3.05) is 36.1 Å². The quantitative estimate of drug-likeness (QED) is 0.143. The third kappa shape index (κ3) is 7.35. The molecule has 3 aliphatic heterocycles. The van der Waals surface area contributed by atoms with Crippen molar-refractivity contribution in [3.8, 4) is 11.5 Å². The van der Waals surface area contributed by atoms with E-state index in [1.807, 2.05) is 113 Å². The Kier molecular flexibility index (Phi) is 11.8. The molecule has 0 spiro atoms. The maximum absolute atomic E-state index is 14.5. The number of hydrogen-bond acceptors (Lipinski definition) is 4. The third-order valence-corrected chi connectivity index (χ3v) is 12.7. The number of para-hydroxylation sites is 2. The van der Waals surface area contributed by atoms with E-state index in [9.17, 15) is 9.59 Å². The van der Waals surface area contributed by atoms with Crippen molar-refractivity contribution < 1.29 is 20.5 Å². The third-order valence-electron chi connectivity index (χ3n) is 12.7. The zero-order valence-corrected chi connectivity index (χ0v) is 37.9. The Hall–Kier alpha value is -6.92. The van der Waals surface area contributed by atoms with E-state index in [0.717, 1.165) is 56.1 Å². The monoisotopic (exact) mass is 849 g/mol. The zero-order valence-electron chi connectivity index (χ0n) is 37.9. The molecular formula is C58H60N2O4. The second kappa shape index (κ2) is 17.3. The van der Waals surface area contributed by atoms with Crippen LogP contribution in [0, 0.1) is 0 Å². The van der Waals surface area contributed by atoms with Gasteiger partial charge in [-0.2, -0.15) is 0 Å². The zero-order chi connectivity index (χ0) is 45.3. The van der Waals surface area contributed by atoms with Crippen molar-refractivity contribution >= 4 is 23.2 Å². The average molecular weight is 850 g/mol. The summed E-state index contributed by atoms with van der Waals surface area (Å²) >= 11 is 0. The van der Waals surface area contributed by atoms with Gasteiger partial charge in [0.1, 0.15) is 35.5 Å².